The summed E-state index contributed by atoms with van der Waals surface area (Å²) in [5.74, 6) is 0. The summed E-state index contributed by atoms with van der Waals surface area (Å²) in [6.07, 6.45) is 0. The van der Waals surface area contributed by atoms with Crippen LogP contribution in [0.4, 0.5) is 0 Å². The van der Waals surface area contributed by atoms with E-state index in [1.165, 1.54) is 0 Å². The molecule has 0 bridgehead atoms. The van der Waals surface area contributed by atoms with Crippen LogP contribution in [0.1, 0.15) is 5.56 Å². The van der Waals surface area contributed by atoms with Crippen LogP contribution in [0.3, 0.4) is 0 Å². The molecule has 0 saturated carbocycles. The van der Waals surface area contributed by atoms with Gasteiger partial charge in [0.15, 0.2) is 0 Å². The molecule has 0 aliphatic carbocycles. The Balaban J connectivity index is 2.76. The third-order valence-electron chi connectivity index (χ3n) is 2.55. The lowest BCUT2D eigenvalue weighted by Gasteiger charge is -2.09. The molecule has 3 nitrogen and oxygen atoms in total. The van der Waals surface area contributed by atoms with E-state index in [0.717, 1.165) is 5.56 Å². The van der Waals surface area contributed by atoms with Crippen molar-refractivity contribution in [1.82, 2.24) is 0 Å². The molecule has 17 heavy (non-hydrogen) atoms. The Labute approximate surface area is 100 Å². The van der Waals surface area contributed by atoms with Crippen molar-refractivity contribution in [3.63, 3.8) is 0 Å². The summed E-state index contributed by atoms with van der Waals surface area (Å²) in [4.78, 5) is -0.0220. The van der Waals surface area contributed by atoms with Gasteiger partial charge in [0.1, 0.15) is 4.90 Å². The predicted octanol–water partition coefficient (Wildman–Crippen LogP) is 2.91. The lowest BCUT2D eigenvalue weighted by Crippen LogP contribution is -2.03. The molecule has 0 saturated heterocycles. The number of benzene rings is 2. The summed E-state index contributed by atoms with van der Waals surface area (Å²) >= 11 is 0. The van der Waals surface area contributed by atoms with E-state index in [2.05, 4.69) is 0 Å². The molecule has 0 radical (unpaired) electrons. The topological polar surface area (TPSA) is 54.4 Å². The van der Waals surface area contributed by atoms with Crippen molar-refractivity contribution in [3.8, 4) is 11.1 Å². The van der Waals surface area contributed by atoms with E-state index in [-0.39, 0.29) is 4.90 Å². The average Bonchev–Trinajstić information content (AvgIpc) is 2.28. The molecule has 4 heteroatoms. The highest BCUT2D eigenvalue weighted by atomic mass is 32.2. The maximum absolute atomic E-state index is 11.4. The van der Waals surface area contributed by atoms with Gasteiger partial charge in [0.25, 0.3) is 10.1 Å². The maximum Gasteiger partial charge on any atom is 0.295 e. The van der Waals surface area contributed by atoms with Crippen molar-refractivity contribution >= 4 is 10.1 Å². The van der Waals surface area contributed by atoms with Crippen LogP contribution in [-0.4, -0.2) is 13.0 Å². The number of hydrogen-bond donors (Lipinski definition) is 1. The Morgan fingerprint density at radius 2 is 1.59 bits per heavy atom. The first-order valence-corrected chi connectivity index (χ1v) is 6.56. The molecule has 0 unspecified atom stereocenters. The van der Waals surface area contributed by atoms with Gasteiger partial charge in [-0.2, -0.15) is 8.42 Å². The SMILES string of the molecule is Cc1cccc(-c2ccccc2)c1S(=O)(=O)O. The summed E-state index contributed by atoms with van der Waals surface area (Å²) in [6, 6.07) is 14.2. The van der Waals surface area contributed by atoms with E-state index in [1.807, 2.05) is 30.3 Å². The summed E-state index contributed by atoms with van der Waals surface area (Å²) in [5.41, 5.74) is 1.82. The van der Waals surface area contributed by atoms with E-state index in [9.17, 15) is 13.0 Å². The first kappa shape index (κ1) is 11.8. The third kappa shape index (κ3) is 2.38. The average molecular weight is 248 g/mol. The smallest absolute Gasteiger partial charge is 0.282 e. The van der Waals surface area contributed by atoms with Crippen molar-refractivity contribution in [3.05, 3.63) is 54.1 Å². The normalized spacial score (nSPS) is 11.4. The summed E-state index contributed by atoms with van der Waals surface area (Å²) in [5, 5.41) is 0. The molecule has 0 aromatic heterocycles. The van der Waals surface area contributed by atoms with Gasteiger partial charge in [-0.05, 0) is 18.1 Å². The minimum Gasteiger partial charge on any atom is -0.282 e. The molecule has 0 fully saturated rings. The highest BCUT2D eigenvalue weighted by molar-refractivity contribution is 7.86. The number of hydrogen-bond acceptors (Lipinski definition) is 2. The quantitative estimate of drug-likeness (QED) is 0.831. The Morgan fingerprint density at radius 3 is 2.18 bits per heavy atom. The molecular formula is C13H12O3S. The first-order chi connectivity index (χ1) is 8.00. The van der Waals surface area contributed by atoms with E-state index < -0.39 is 10.1 Å². The van der Waals surface area contributed by atoms with Crippen LogP contribution in [0.5, 0.6) is 0 Å². The Kier molecular flexibility index (Phi) is 3.00. The molecule has 0 atom stereocenters. The van der Waals surface area contributed by atoms with Gasteiger partial charge in [-0.1, -0.05) is 48.5 Å². The maximum atomic E-state index is 11.4. The van der Waals surface area contributed by atoms with Crippen LogP contribution in [0.25, 0.3) is 11.1 Å². The van der Waals surface area contributed by atoms with Crippen LogP contribution in [0, 0.1) is 6.92 Å². The second-order valence-electron chi connectivity index (χ2n) is 3.79. The molecule has 2 aromatic rings. The molecule has 0 spiro atoms. The molecule has 0 amide bonds. The van der Waals surface area contributed by atoms with Crippen LogP contribution in [-0.2, 0) is 10.1 Å². The number of aryl methyl sites for hydroxylation is 1. The van der Waals surface area contributed by atoms with Crippen molar-refractivity contribution in [2.45, 2.75) is 11.8 Å². The van der Waals surface area contributed by atoms with Crippen LogP contribution in [0.15, 0.2) is 53.4 Å². The fraction of sp³-hybridized carbons (Fsp3) is 0.0769. The molecule has 88 valence electrons. The molecule has 2 aromatic carbocycles. The minimum atomic E-state index is -4.21. The monoisotopic (exact) mass is 248 g/mol. The van der Waals surface area contributed by atoms with Gasteiger partial charge in [0, 0.05) is 5.56 Å². The Morgan fingerprint density at radius 1 is 0.941 bits per heavy atom. The van der Waals surface area contributed by atoms with Gasteiger partial charge in [-0.3, -0.25) is 4.55 Å². The van der Waals surface area contributed by atoms with Crippen molar-refractivity contribution < 1.29 is 13.0 Å². The van der Waals surface area contributed by atoms with Gasteiger partial charge in [0.2, 0.25) is 0 Å². The third-order valence-corrected chi connectivity index (χ3v) is 3.61. The van der Waals surface area contributed by atoms with Gasteiger partial charge in [-0.25, -0.2) is 0 Å². The van der Waals surface area contributed by atoms with Gasteiger partial charge < -0.3 is 0 Å². The summed E-state index contributed by atoms with van der Waals surface area (Å²) in [7, 11) is -4.21. The Hall–Kier alpha value is -1.65. The van der Waals surface area contributed by atoms with Crippen molar-refractivity contribution in [1.29, 1.82) is 0 Å². The molecule has 1 N–H and O–H groups in total. The van der Waals surface area contributed by atoms with E-state index in [0.29, 0.717) is 11.1 Å². The molecule has 0 aliphatic heterocycles. The standard InChI is InChI=1S/C13H12O3S/c1-10-6-5-9-12(13(10)17(14,15)16)11-7-3-2-4-8-11/h2-9H,1H3,(H,14,15,16). The molecular weight excluding hydrogens is 236 g/mol. The zero-order valence-corrected chi connectivity index (χ0v) is 10.1. The lowest BCUT2D eigenvalue weighted by atomic mass is 10.0. The molecule has 0 heterocycles. The highest BCUT2D eigenvalue weighted by Crippen LogP contribution is 2.29. The lowest BCUT2D eigenvalue weighted by molar-refractivity contribution is 0.483. The van der Waals surface area contributed by atoms with Gasteiger partial charge in [0.05, 0.1) is 0 Å². The second kappa shape index (κ2) is 4.31. The largest absolute Gasteiger partial charge is 0.295 e. The fourth-order valence-electron chi connectivity index (χ4n) is 1.84. The summed E-state index contributed by atoms with van der Waals surface area (Å²) < 4.78 is 32.1. The zero-order chi connectivity index (χ0) is 12.5. The molecule has 0 aliphatic rings. The summed E-state index contributed by atoms with van der Waals surface area (Å²) in [6.45, 7) is 1.66. The predicted molar refractivity (Wildman–Crippen MR) is 66.4 cm³/mol. The van der Waals surface area contributed by atoms with Crippen molar-refractivity contribution in [2.75, 3.05) is 0 Å². The first-order valence-electron chi connectivity index (χ1n) is 5.12. The van der Waals surface area contributed by atoms with Gasteiger partial charge >= 0.3 is 0 Å². The van der Waals surface area contributed by atoms with Crippen LogP contribution < -0.4 is 0 Å². The van der Waals surface area contributed by atoms with Crippen LogP contribution >= 0.6 is 0 Å². The van der Waals surface area contributed by atoms with E-state index in [1.54, 1.807) is 25.1 Å². The van der Waals surface area contributed by atoms with E-state index in [4.69, 9.17) is 0 Å². The van der Waals surface area contributed by atoms with Gasteiger partial charge in [-0.15, -0.1) is 0 Å². The molecule has 2 rings (SSSR count). The van der Waals surface area contributed by atoms with Crippen molar-refractivity contribution in [2.24, 2.45) is 0 Å². The second-order valence-corrected chi connectivity index (χ2v) is 5.15. The van der Waals surface area contributed by atoms with Crippen LogP contribution in [0.2, 0.25) is 0 Å². The number of rotatable bonds is 2. The Bertz CT molecular complexity index is 631. The van der Waals surface area contributed by atoms with E-state index >= 15 is 0 Å². The zero-order valence-electron chi connectivity index (χ0n) is 9.29. The minimum absolute atomic E-state index is 0.0220. The highest BCUT2D eigenvalue weighted by Gasteiger charge is 2.18. The fourth-order valence-corrected chi connectivity index (χ4v) is 2.78.